The average molecular weight is 206 g/mol. The summed E-state index contributed by atoms with van der Waals surface area (Å²) in [7, 11) is 1.85. The van der Waals surface area contributed by atoms with E-state index < -0.39 is 0 Å². The highest BCUT2D eigenvalue weighted by Gasteiger charge is 2.17. The fraction of sp³-hybridized carbons (Fsp3) is 0.636. The Kier molecular flexibility index (Phi) is 3.04. The van der Waals surface area contributed by atoms with Crippen LogP contribution in [0.3, 0.4) is 0 Å². The topological polar surface area (TPSA) is 41.1 Å². The summed E-state index contributed by atoms with van der Waals surface area (Å²) in [4.78, 5) is 10.9. The summed E-state index contributed by atoms with van der Waals surface area (Å²) in [6, 6.07) is 1.98. The van der Waals surface area contributed by atoms with E-state index in [0.717, 1.165) is 24.8 Å². The molecule has 0 aromatic carbocycles. The predicted molar refractivity (Wildman–Crippen MR) is 62.2 cm³/mol. The zero-order valence-electron chi connectivity index (χ0n) is 9.40. The average Bonchev–Trinajstić information content (AvgIpc) is 2.29. The van der Waals surface area contributed by atoms with Crippen molar-refractivity contribution in [2.24, 2.45) is 5.92 Å². The molecule has 2 rings (SSSR count). The maximum Gasteiger partial charge on any atom is 0.224 e. The Balaban J connectivity index is 2.13. The van der Waals surface area contributed by atoms with Gasteiger partial charge in [0.1, 0.15) is 5.82 Å². The number of anilines is 2. The molecule has 1 saturated heterocycles. The van der Waals surface area contributed by atoms with E-state index in [2.05, 4.69) is 27.1 Å². The van der Waals surface area contributed by atoms with Crippen LogP contribution in [0.15, 0.2) is 12.3 Å². The molecule has 1 aliphatic heterocycles. The van der Waals surface area contributed by atoms with Gasteiger partial charge in [-0.1, -0.05) is 6.92 Å². The summed E-state index contributed by atoms with van der Waals surface area (Å²) in [5, 5.41) is 2.97. The molecular weight excluding hydrogens is 188 g/mol. The molecule has 0 aliphatic carbocycles. The molecule has 1 fully saturated rings. The van der Waals surface area contributed by atoms with Crippen LogP contribution in [0.1, 0.15) is 19.8 Å². The van der Waals surface area contributed by atoms with E-state index in [1.54, 1.807) is 0 Å². The van der Waals surface area contributed by atoms with E-state index in [0.29, 0.717) is 5.95 Å². The molecule has 1 atom stereocenters. The number of rotatable bonds is 2. The predicted octanol–water partition coefficient (Wildman–Crippen LogP) is 1.75. The maximum absolute atomic E-state index is 4.45. The van der Waals surface area contributed by atoms with Crippen molar-refractivity contribution >= 4 is 11.8 Å². The lowest BCUT2D eigenvalue weighted by Gasteiger charge is -2.31. The first-order valence-corrected chi connectivity index (χ1v) is 5.55. The van der Waals surface area contributed by atoms with Gasteiger partial charge < -0.3 is 10.2 Å². The van der Waals surface area contributed by atoms with Crippen molar-refractivity contribution in [3.63, 3.8) is 0 Å². The van der Waals surface area contributed by atoms with Crippen LogP contribution in [-0.2, 0) is 0 Å². The van der Waals surface area contributed by atoms with Gasteiger partial charge in [0.25, 0.3) is 0 Å². The van der Waals surface area contributed by atoms with Gasteiger partial charge in [-0.25, -0.2) is 4.98 Å². The smallest absolute Gasteiger partial charge is 0.224 e. The van der Waals surface area contributed by atoms with Crippen molar-refractivity contribution < 1.29 is 0 Å². The molecule has 1 aromatic heterocycles. The third kappa shape index (κ3) is 2.37. The van der Waals surface area contributed by atoms with E-state index in [1.165, 1.54) is 12.8 Å². The molecule has 15 heavy (non-hydrogen) atoms. The number of nitrogens with one attached hydrogen (secondary N) is 1. The molecule has 1 N–H and O–H groups in total. The Morgan fingerprint density at radius 1 is 1.53 bits per heavy atom. The van der Waals surface area contributed by atoms with E-state index in [1.807, 2.05) is 19.3 Å². The molecule has 0 radical (unpaired) electrons. The second-order valence-corrected chi connectivity index (χ2v) is 4.18. The Morgan fingerprint density at radius 3 is 3.13 bits per heavy atom. The fourth-order valence-electron chi connectivity index (χ4n) is 2.04. The van der Waals surface area contributed by atoms with Crippen molar-refractivity contribution in [3.8, 4) is 0 Å². The Morgan fingerprint density at radius 2 is 2.40 bits per heavy atom. The molecule has 1 unspecified atom stereocenters. The Labute approximate surface area is 90.7 Å². The van der Waals surface area contributed by atoms with E-state index in [9.17, 15) is 0 Å². The molecular formula is C11H18N4. The molecule has 2 heterocycles. The lowest BCUT2D eigenvalue weighted by molar-refractivity contribution is 0.444. The Hall–Kier alpha value is -1.32. The molecule has 1 aromatic rings. The van der Waals surface area contributed by atoms with Crippen molar-refractivity contribution in [1.82, 2.24) is 9.97 Å². The molecule has 0 saturated carbocycles. The van der Waals surface area contributed by atoms with Crippen LogP contribution in [0.2, 0.25) is 0 Å². The molecule has 0 spiro atoms. The van der Waals surface area contributed by atoms with Gasteiger partial charge in [-0.15, -0.1) is 0 Å². The summed E-state index contributed by atoms with van der Waals surface area (Å²) < 4.78 is 0. The first kappa shape index (κ1) is 10.2. The molecule has 4 heteroatoms. The zero-order chi connectivity index (χ0) is 10.7. The molecule has 82 valence electrons. The van der Waals surface area contributed by atoms with Crippen molar-refractivity contribution in [2.75, 3.05) is 30.4 Å². The molecule has 1 aliphatic rings. The van der Waals surface area contributed by atoms with Crippen LogP contribution >= 0.6 is 0 Å². The van der Waals surface area contributed by atoms with Crippen LogP contribution < -0.4 is 10.2 Å². The van der Waals surface area contributed by atoms with Crippen molar-refractivity contribution in [3.05, 3.63) is 12.3 Å². The fourth-order valence-corrected chi connectivity index (χ4v) is 2.04. The Bertz CT molecular complexity index is 326. The lowest BCUT2D eigenvalue weighted by atomic mass is 10.0. The van der Waals surface area contributed by atoms with Crippen LogP contribution in [0.25, 0.3) is 0 Å². The maximum atomic E-state index is 4.45. The first-order chi connectivity index (χ1) is 7.29. The summed E-state index contributed by atoms with van der Waals surface area (Å²) in [5.41, 5.74) is 0. The number of aromatic nitrogens is 2. The van der Waals surface area contributed by atoms with Gasteiger partial charge in [0.05, 0.1) is 0 Å². The number of piperidine rings is 1. The van der Waals surface area contributed by atoms with Crippen LogP contribution in [-0.4, -0.2) is 30.1 Å². The monoisotopic (exact) mass is 206 g/mol. The normalized spacial score (nSPS) is 21.5. The van der Waals surface area contributed by atoms with Crippen LogP contribution in [0.5, 0.6) is 0 Å². The molecule has 0 amide bonds. The van der Waals surface area contributed by atoms with Crippen molar-refractivity contribution in [2.45, 2.75) is 19.8 Å². The number of nitrogens with zero attached hydrogens (tertiary/aromatic N) is 3. The minimum Gasteiger partial charge on any atom is -0.357 e. The first-order valence-electron chi connectivity index (χ1n) is 5.55. The second kappa shape index (κ2) is 4.47. The highest BCUT2D eigenvalue weighted by atomic mass is 15.2. The minimum absolute atomic E-state index is 0.700. The quantitative estimate of drug-likeness (QED) is 0.800. The van der Waals surface area contributed by atoms with E-state index in [-0.39, 0.29) is 0 Å². The van der Waals surface area contributed by atoms with Gasteiger partial charge in [0, 0.05) is 26.3 Å². The van der Waals surface area contributed by atoms with Crippen LogP contribution in [0.4, 0.5) is 11.8 Å². The standard InChI is InChI=1S/C11H18N4/c1-9-4-3-7-15(8-9)10-5-6-13-11(12-2)14-10/h5-6,9H,3-4,7-8H2,1-2H3,(H,12,13,14). The zero-order valence-corrected chi connectivity index (χ0v) is 9.40. The van der Waals surface area contributed by atoms with Crippen molar-refractivity contribution in [1.29, 1.82) is 0 Å². The van der Waals surface area contributed by atoms with Gasteiger partial charge >= 0.3 is 0 Å². The highest BCUT2D eigenvalue weighted by Crippen LogP contribution is 2.21. The lowest BCUT2D eigenvalue weighted by Crippen LogP contribution is -2.34. The second-order valence-electron chi connectivity index (χ2n) is 4.18. The number of hydrogen-bond acceptors (Lipinski definition) is 4. The van der Waals surface area contributed by atoms with E-state index in [4.69, 9.17) is 0 Å². The number of hydrogen-bond donors (Lipinski definition) is 1. The molecule has 4 nitrogen and oxygen atoms in total. The summed E-state index contributed by atoms with van der Waals surface area (Å²) in [6.07, 6.45) is 4.41. The summed E-state index contributed by atoms with van der Waals surface area (Å²) >= 11 is 0. The van der Waals surface area contributed by atoms with Gasteiger partial charge in [-0.3, -0.25) is 0 Å². The van der Waals surface area contributed by atoms with Gasteiger partial charge in [-0.05, 0) is 24.8 Å². The van der Waals surface area contributed by atoms with Gasteiger partial charge in [0.15, 0.2) is 0 Å². The summed E-state index contributed by atoms with van der Waals surface area (Å²) in [5.74, 6) is 2.51. The summed E-state index contributed by atoms with van der Waals surface area (Å²) in [6.45, 7) is 4.52. The third-order valence-electron chi connectivity index (χ3n) is 2.85. The molecule has 0 bridgehead atoms. The van der Waals surface area contributed by atoms with E-state index >= 15 is 0 Å². The third-order valence-corrected chi connectivity index (χ3v) is 2.85. The van der Waals surface area contributed by atoms with Gasteiger partial charge in [-0.2, -0.15) is 4.98 Å². The highest BCUT2D eigenvalue weighted by molar-refractivity contribution is 5.42. The SMILES string of the molecule is CNc1nccc(N2CCCC(C)C2)n1. The minimum atomic E-state index is 0.700. The van der Waals surface area contributed by atoms with Crippen LogP contribution in [0, 0.1) is 5.92 Å². The largest absolute Gasteiger partial charge is 0.357 e. The van der Waals surface area contributed by atoms with Gasteiger partial charge in [0.2, 0.25) is 5.95 Å².